The maximum Gasteiger partial charge on any atom is 0.411 e. The molecule has 4 rings (SSSR count). The van der Waals surface area contributed by atoms with Crippen molar-refractivity contribution in [2.45, 2.75) is 19.3 Å². The fraction of sp³-hybridized carbons (Fsp3) is 0.182. The first kappa shape index (κ1) is 17.1. The van der Waals surface area contributed by atoms with Crippen LogP contribution in [0.15, 0.2) is 70.1 Å². The van der Waals surface area contributed by atoms with Gasteiger partial charge in [0.05, 0.1) is 5.69 Å². The van der Waals surface area contributed by atoms with Crippen molar-refractivity contribution in [1.82, 2.24) is 0 Å². The number of aryl methyl sites for hydroxylation is 1. The van der Waals surface area contributed by atoms with Crippen LogP contribution in [-0.2, 0) is 11.2 Å². The van der Waals surface area contributed by atoms with Crippen LogP contribution in [-0.4, -0.2) is 12.7 Å². The Hall–Kier alpha value is -3.34. The maximum atomic E-state index is 12.3. The lowest BCUT2D eigenvalue weighted by molar-refractivity contribution is 0.158. The van der Waals surface area contributed by atoms with Crippen LogP contribution >= 0.6 is 0 Å². The zero-order valence-corrected chi connectivity index (χ0v) is 14.9. The summed E-state index contributed by atoms with van der Waals surface area (Å²) in [6.07, 6.45) is 1.40. The molecule has 0 bridgehead atoms. The Kier molecular flexibility index (Phi) is 4.50. The number of nitrogens with one attached hydrogen (secondary N) is 1. The van der Waals surface area contributed by atoms with E-state index in [2.05, 4.69) is 29.6 Å². The van der Waals surface area contributed by atoms with Gasteiger partial charge >= 0.3 is 11.7 Å². The minimum absolute atomic E-state index is 0.00496. The zero-order chi connectivity index (χ0) is 18.8. The van der Waals surface area contributed by atoms with Gasteiger partial charge in [0.25, 0.3) is 0 Å². The minimum atomic E-state index is -0.586. The van der Waals surface area contributed by atoms with Crippen molar-refractivity contribution >= 4 is 11.8 Å². The number of ether oxygens (including phenoxy) is 1. The van der Waals surface area contributed by atoms with E-state index in [1.807, 2.05) is 31.2 Å². The fourth-order valence-corrected chi connectivity index (χ4v) is 3.57. The number of carbonyl (C=O) groups excluding carboxylic acids is 1. The molecule has 0 saturated heterocycles. The predicted octanol–water partition coefficient (Wildman–Crippen LogP) is 4.56. The third-order valence-electron chi connectivity index (χ3n) is 4.89. The van der Waals surface area contributed by atoms with Gasteiger partial charge < -0.3 is 9.15 Å². The number of amides is 1. The average molecular weight is 361 g/mol. The molecule has 0 fully saturated rings. The quantitative estimate of drug-likeness (QED) is 0.739. The average Bonchev–Trinajstić information content (AvgIpc) is 3.00. The van der Waals surface area contributed by atoms with Crippen molar-refractivity contribution in [3.63, 3.8) is 0 Å². The first-order valence-corrected chi connectivity index (χ1v) is 8.91. The standard InChI is InChI=1S/C22H19NO4/c1-2-14-12-26-21(24)11-20(14)23-22(25)27-13-19-17-9-5-3-7-15(17)16-8-4-6-10-18(16)19/h3-12,19H,2,13H2,1H3,(H,23,25). The van der Waals surface area contributed by atoms with Crippen molar-refractivity contribution in [1.29, 1.82) is 0 Å². The molecular formula is C22H19NO4. The van der Waals surface area contributed by atoms with Gasteiger partial charge in [-0.25, -0.2) is 9.59 Å². The zero-order valence-electron chi connectivity index (χ0n) is 14.9. The highest BCUT2D eigenvalue weighted by Crippen LogP contribution is 2.44. The van der Waals surface area contributed by atoms with E-state index in [9.17, 15) is 9.59 Å². The molecule has 5 nitrogen and oxygen atoms in total. The molecule has 136 valence electrons. The fourth-order valence-electron chi connectivity index (χ4n) is 3.57. The van der Waals surface area contributed by atoms with Crippen LogP contribution in [0, 0.1) is 0 Å². The van der Waals surface area contributed by atoms with E-state index in [1.165, 1.54) is 23.5 Å². The van der Waals surface area contributed by atoms with Crippen LogP contribution in [0.25, 0.3) is 11.1 Å². The van der Waals surface area contributed by atoms with Gasteiger partial charge in [-0.2, -0.15) is 0 Å². The molecule has 2 aromatic carbocycles. The van der Waals surface area contributed by atoms with Crippen molar-refractivity contribution in [2.75, 3.05) is 11.9 Å². The second-order valence-electron chi connectivity index (χ2n) is 6.44. The van der Waals surface area contributed by atoms with Gasteiger partial charge in [-0.1, -0.05) is 55.5 Å². The number of fused-ring (bicyclic) bond motifs is 3. The number of carbonyl (C=O) groups is 1. The van der Waals surface area contributed by atoms with Gasteiger partial charge in [0.15, 0.2) is 0 Å². The molecular weight excluding hydrogens is 342 g/mol. The number of rotatable bonds is 4. The lowest BCUT2D eigenvalue weighted by Gasteiger charge is -2.15. The first-order valence-electron chi connectivity index (χ1n) is 8.91. The molecule has 3 aromatic rings. The van der Waals surface area contributed by atoms with Crippen LogP contribution in [0.1, 0.15) is 29.5 Å². The SMILES string of the molecule is CCc1coc(=O)cc1NC(=O)OCC1c2ccccc2-c2ccccc21. The summed E-state index contributed by atoms with van der Waals surface area (Å²) in [4.78, 5) is 23.7. The van der Waals surface area contributed by atoms with Gasteiger partial charge in [0.1, 0.15) is 12.9 Å². The van der Waals surface area contributed by atoms with Crippen molar-refractivity contribution in [3.05, 3.63) is 88.0 Å². The van der Waals surface area contributed by atoms with E-state index >= 15 is 0 Å². The first-order chi connectivity index (χ1) is 13.2. The molecule has 0 saturated carbocycles. The van der Waals surface area contributed by atoms with E-state index in [0.29, 0.717) is 12.1 Å². The van der Waals surface area contributed by atoms with Crippen LogP contribution in [0.2, 0.25) is 0 Å². The Morgan fingerprint density at radius 3 is 2.33 bits per heavy atom. The van der Waals surface area contributed by atoms with E-state index in [1.54, 1.807) is 0 Å². The second-order valence-corrected chi connectivity index (χ2v) is 6.44. The van der Waals surface area contributed by atoms with Crippen molar-refractivity contribution in [3.8, 4) is 11.1 Å². The van der Waals surface area contributed by atoms with Crippen LogP contribution < -0.4 is 10.9 Å². The van der Waals surface area contributed by atoms with Crippen molar-refractivity contribution < 1.29 is 13.9 Å². The number of anilines is 1. The van der Waals surface area contributed by atoms with Gasteiger partial charge in [-0.05, 0) is 28.7 Å². The second kappa shape index (κ2) is 7.11. The normalized spacial score (nSPS) is 12.3. The van der Waals surface area contributed by atoms with E-state index in [-0.39, 0.29) is 12.5 Å². The summed E-state index contributed by atoms with van der Waals surface area (Å²) >= 11 is 0. The summed E-state index contributed by atoms with van der Waals surface area (Å²) in [6, 6.07) is 17.6. The molecule has 1 aliphatic rings. The molecule has 1 aliphatic carbocycles. The molecule has 0 aliphatic heterocycles. The van der Waals surface area contributed by atoms with E-state index < -0.39 is 11.7 Å². The molecule has 0 spiro atoms. The summed E-state index contributed by atoms with van der Waals surface area (Å²) < 4.78 is 10.3. The molecule has 0 radical (unpaired) electrons. The molecule has 1 heterocycles. The van der Waals surface area contributed by atoms with Crippen LogP contribution in [0.3, 0.4) is 0 Å². The predicted molar refractivity (Wildman–Crippen MR) is 103 cm³/mol. The highest BCUT2D eigenvalue weighted by molar-refractivity contribution is 5.86. The highest BCUT2D eigenvalue weighted by atomic mass is 16.5. The van der Waals surface area contributed by atoms with Gasteiger partial charge in [-0.3, -0.25) is 5.32 Å². The molecule has 1 N–H and O–H groups in total. The van der Waals surface area contributed by atoms with Crippen LogP contribution in [0.4, 0.5) is 10.5 Å². The molecule has 0 atom stereocenters. The molecule has 1 aromatic heterocycles. The largest absolute Gasteiger partial charge is 0.448 e. The smallest absolute Gasteiger partial charge is 0.411 e. The van der Waals surface area contributed by atoms with E-state index in [4.69, 9.17) is 9.15 Å². The topological polar surface area (TPSA) is 68.5 Å². The van der Waals surface area contributed by atoms with E-state index in [0.717, 1.165) is 16.7 Å². The Morgan fingerprint density at radius 2 is 1.70 bits per heavy atom. The minimum Gasteiger partial charge on any atom is -0.448 e. The molecule has 27 heavy (non-hydrogen) atoms. The lowest BCUT2D eigenvalue weighted by atomic mass is 9.98. The molecule has 0 unspecified atom stereocenters. The number of hydrogen-bond acceptors (Lipinski definition) is 4. The maximum absolute atomic E-state index is 12.3. The molecule has 1 amide bonds. The lowest BCUT2D eigenvalue weighted by Crippen LogP contribution is -2.19. The highest BCUT2D eigenvalue weighted by Gasteiger charge is 2.29. The van der Waals surface area contributed by atoms with Crippen molar-refractivity contribution in [2.24, 2.45) is 0 Å². The Labute approximate surface area is 156 Å². The third-order valence-corrected chi connectivity index (χ3v) is 4.89. The number of hydrogen-bond donors (Lipinski definition) is 1. The molecule has 5 heteroatoms. The summed E-state index contributed by atoms with van der Waals surface area (Å²) in [5.74, 6) is -0.00496. The summed E-state index contributed by atoms with van der Waals surface area (Å²) in [6.45, 7) is 2.14. The Balaban J connectivity index is 1.52. The van der Waals surface area contributed by atoms with Gasteiger partial charge in [0.2, 0.25) is 0 Å². The Bertz CT molecular complexity index is 1010. The summed E-state index contributed by atoms with van der Waals surface area (Å²) in [5.41, 5.74) is 5.31. The monoisotopic (exact) mass is 361 g/mol. The van der Waals surface area contributed by atoms with Gasteiger partial charge in [0, 0.05) is 17.5 Å². The third kappa shape index (κ3) is 3.24. The Morgan fingerprint density at radius 1 is 1.07 bits per heavy atom. The summed E-state index contributed by atoms with van der Waals surface area (Å²) in [7, 11) is 0. The van der Waals surface area contributed by atoms with Crippen LogP contribution in [0.5, 0.6) is 0 Å². The summed E-state index contributed by atoms with van der Waals surface area (Å²) in [5, 5.41) is 2.65. The van der Waals surface area contributed by atoms with Gasteiger partial charge in [-0.15, -0.1) is 0 Å². The number of benzene rings is 2.